The van der Waals surface area contributed by atoms with Crippen LogP contribution in [-0.2, 0) is 18.0 Å². The predicted octanol–water partition coefficient (Wildman–Crippen LogP) is 3.71. The van der Waals surface area contributed by atoms with Crippen LogP contribution in [0.4, 0.5) is 23.8 Å². The van der Waals surface area contributed by atoms with Crippen LogP contribution in [0, 0.1) is 5.92 Å². The predicted molar refractivity (Wildman–Crippen MR) is 106 cm³/mol. The molecule has 3 heterocycles. The molecular formula is C20H25F3N6O2. The number of fused-ring (bicyclic) bond motifs is 2. The SMILES string of the molecule is COC(C)C12C[C@H](C)C[C@H](C1)N2C(=O)Nc1cc(-c2ncn(C)n2)c(C(F)(F)F)cn1. The zero-order valence-electron chi connectivity index (χ0n) is 17.8. The summed E-state index contributed by atoms with van der Waals surface area (Å²) in [6.45, 7) is 4.10. The number of alkyl halides is 3. The highest BCUT2D eigenvalue weighted by molar-refractivity contribution is 5.91. The van der Waals surface area contributed by atoms with Gasteiger partial charge in [0.15, 0.2) is 5.82 Å². The summed E-state index contributed by atoms with van der Waals surface area (Å²) in [5.41, 5.74) is -1.62. The van der Waals surface area contributed by atoms with Crippen molar-refractivity contribution in [3.05, 3.63) is 24.2 Å². The van der Waals surface area contributed by atoms with E-state index in [0.717, 1.165) is 19.3 Å². The first-order valence-corrected chi connectivity index (χ1v) is 10.1. The van der Waals surface area contributed by atoms with Gasteiger partial charge < -0.3 is 9.64 Å². The van der Waals surface area contributed by atoms with Crippen LogP contribution < -0.4 is 5.32 Å². The van der Waals surface area contributed by atoms with Crippen molar-refractivity contribution >= 4 is 11.8 Å². The first-order chi connectivity index (χ1) is 14.5. The molecule has 1 saturated heterocycles. The third kappa shape index (κ3) is 3.64. The van der Waals surface area contributed by atoms with Crippen LogP contribution in [0.25, 0.3) is 11.4 Å². The zero-order valence-corrected chi connectivity index (χ0v) is 17.8. The van der Waals surface area contributed by atoms with Gasteiger partial charge in [0.2, 0.25) is 0 Å². The normalized spacial score (nSPS) is 26.4. The van der Waals surface area contributed by atoms with Crippen molar-refractivity contribution < 1.29 is 22.7 Å². The monoisotopic (exact) mass is 438 g/mol. The number of anilines is 1. The van der Waals surface area contributed by atoms with Crippen LogP contribution in [0.1, 0.15) is 38.7 Å². The standard InChI is InChI=1S/C20H25F3N6O2/c1-11-5-13-8-19(7-11,12(2)31-4)29(13)18(30)26-16-6-14(17-25-10-28(3)27-17)15(9-24-16)20(21,22)23/h6,9-13H,5,7-8H2,1-4H3,(H,24,26,30)/t11-,12?,13-,19?/m1/s1. The number of hydrogen-bond donors (Lipinski definition) is 1. The minimum atomic E-state index is -4.63. The third-order valence-electron chi connectivity index (χ3n) is 6.42. The van der Waals surface area contributed by atoms with Gasteiger partial charge in [0, 0.05) is 32.0 Å². The van der Waals surface area contributed by atoms with Crippen molar-refractivity contribution in [2.75, 3.05) is 12.4 Å². The molecule has 4 rings (SSSR count). The van der Waals surface area contributed by atoms with Gasteiger partial charge in [0.25, 0.3) is 0 Å². The molecule has 4 atom stereocenters. The Kier molecular flexibility index (Phi) is 5.19. The Morgan fingerprint density at radius 1 is 1.35 bits per heavy atom. The lowest BCUT2D eigenvalue weighted by atomic mass is 9.62. The smallest absolute Gasteiger partial charge is 0.379 e. The maximum absolute atomic E-state index is 13.5. The van der Waals surface area contributed by atoms with Crippen molar-refractivity contribution in [2.45, 2.75) is 57.0 Å². The van der Waals surface area contributed by atoms with Gasteiger partial charge in [-0.25, -0.2) is 14.8 Å². The first-order valence-electron chi connectivity index (χ1n) is 10.1. The van der Waals surface area contributed by atoms with Crippen molar-refractivity contribution in [1.29, 1.82) is 0 Å². The van der Waals surface area contributed by atoms with E-state index in [2.05, 4.69) is 27.3 Å². The van der Waals surface area contributed by atoms with Crippen LogP contribution in [0.5, 0.6) is 0 Å². The summed E-state index contributed by atoms with van der Waals surface area (Å²) in [7, 11) is 3.18. The van der Waals surface area contributed by atoms with Crippen molar-refractivity contribution in [3.63, 3.8) is 0 Å². The van der Waals surface area contributed by atoms with Crippen LogP contribution in [-0.4, -0.2) is 55.5 Å². The summed E-state index contributed by atoms with van der Waals surface area (Å²) in [4.78, 5) is 22.7. The number of nitrogens with one attached hydrogen (secondary N) is 1. The summed E-state index contributed by atoms with van der Waals surface area (Å²) in [5.74, 6) is 0.386. The Bertz CT molecular complexity index is 994. The Morgan fingerprint density at radius 3 is 2.71 bits per heavy atom. The number of urea groups is 1. The molecule has 2 aliphatic rings. The molecule has 2 unspecified atom stereocenters. The average Bonchev–Trinajstić information content (AvgIpc) is 3.11. The minimum Gasteiger partial charge on any atom is -0.379 e. The van der Waals surface area contributed by atoms with E-state index in [-0.39, 0.29) is 35.4 Å². The molecule has 2 aromatic rings. The summed E-state index contributed by atoms with van der Waals surface area (Å²) < 4.78 is 47.3. The number of aromatic nitrogens is 4. The quantitative estimate of drug-likeness (QED) is 0.787. The van der Waals surface area contributed by atoms with Gasteiger partial charge in [-0.05, 0) is 38.2 Å². The molecular weight excluding hydrogens is 413 g/mol. The lowest BCUT2D eigenvalue weighted by Gasteiger charge is -2.65. The Hall–Kier alpha value is -2.69. The minimum absolute atomic E-state index is 0.0127. The highest BCUT2D eigenvalue weighted by Gasteiger charge is 2.61. The number of amides is 2. The van der Waals surface area contributed by atoms with Gasteiger partial charge in [-0.2, -0.15) is 18.3 Å². The summed E-state index contributed by atoms with van der Waals surface area (Å²) in [6.07, 6.45) is -0.230. The number of methoxy groups -OCH3 is 1. The second kappa shape index (κ2) is 7.47. The largest absolute Gasteiger partial charge is 0.418 e. The maximum atomic E-state index is 13.5. The number of hydrogen-bond acceptors (Lipinski definition) is 5. The second-order valence-electron chi connectivity index (χ2n) is 8.54. The number of ether oxygens (including phenoxy) is 1. The topological polar surface area (TPSA) is 85.2 Å². The second-order valence-corrected chi connectivity index (χ2v) is 8.54. The molecule has 2 bridgehead atoms. The fourth-order valence-electron chi connectivity index (χ4n) is 5.05. The first kappa shape index (κ1) is 21.5. The molecule has 2 aromatic heterocycles. The van der Waals surface area contributed by atoms with E-state index >= 15 is 0 Å². The van der Waals surface area contributed by atoms with E-state index in [4.69, 9.17) is 4.74 Å². The highest BCUT2D eigenvalue weighted by Crippen LogP contribution is 2.52. The summed E-state index contributed by atoms with van der Waals surface area (Å²) in [5, 5.41) is 6.65. The number of rotatable bonds is 4. The Balaban J connectivity index is 1.63. The summed E-state index contributed by atoms with van der Waals surface area (Å²) in [6, 6.07) is 0.854. The molecule has 1 saturated carbocycles. The molecule has 2 amide bonds. The highest BCUT2D eigenvalue weighted by atomic mass is 19.4. The molecule has 0 spiro atoms. The van der Waals surface area contributed by atoms with Crippen molar-refractivity contribution in [3.8, 4) is 11.4 Å². The van der Waals surface area contributed by atoms with Gasteiger partial charge >= 0.3 is 12.2 Å². The molecule has 1 aliphatic carbocycles. The Morgan fingerprint density at radius 2 is 2.10 bits per heavy atom. The van der Waals surface area contributed by atoms with E-state index in [1.54, 1.807) is 19.1 Å². The fourth-order valence-corrected chi connectivity index (χ4v) is 5.05. The molecule has 31 heavy (non-hydrogen) atoms. The molecule has 1 aliphatic heterocycles. The lowest BCUT2D eigenvalue weighted by molar-refractivity contribution is -0.155. The number of piperidine rings is 1. The van der Waals surface area contributed by atoms with E-state index in [9.17, 15) is 18.0 Å². The summed E-state index contributed by atoms with van der Waals surface area (Å²) >= 11 is 0. The lowest BCUT2D eigenvalue weighted by Crippen LogP contribution is -2.76. The van der Waals surface area contributed by atoms with E-state index < -0.39 is 17.3 Å². The molecule has 8 nitrogen and oxygen atoms in total. The van der Waals surface area contributed by atoms with Crippen LogP contribution >= 0.6 is 0 Å². The van der Waals surface area contributed by atoms with E-state index in [1.807, 2.05) is 6.92 Å². The van der Waals surface area contributed by atoms with Gasteiger partial charge in [-0.15, -0.1) is 0 Å². The van der Waals surface area contributed by atoms with Crippen molar-refractivity contribution in [1.82, 2.24) is 24.6 Å². The number of carbonyl (C=O) groups excluding carboxylic acids is 1. The molecule has 168 valence electrons. The van der Waals surface area contributed by atoms with Crippen LogP contribution in [0.3, 0.4) is 0 Å². The number of nitrogens with zero attached hydrogens (tertiary/aromatic N) is 5. The number of pyridine rings is 1. The molecule has 2 fully saturated rings. The van der Waals surface area contributed by atoms with E-state index in [1.165, 1.54) is 17.1 Å². The van der Waals surface area contributed by atoms with Gasteiger partial charge in [0.1, 0.15) is 12.1 Å². The number of halogens is 3. The number of aryl methyl sites for hydroxylation is 1. The van der Waals surface area contributed by atoms with Crippen LogP contribution in [0.15, 0.2) is 18.6 Å². The molecule has 0 radical (unpaired) electrons. The molecule has 1 N–H and O–H groups in total. The van der Waals surface area contributed by atoms with Crippen LogP contribution in [0.2, 0.25) is 0 Å². The number of carbonyl (C=O) groups is 1. The van der Waals surface area contributed by atoms with Gasteiger partial charge in [-0.1, -0.05) is 6.92 Å². The van der Waals surface area contributed by atoms with Crippen molar-refractivity contribution in [2.24, 2.45) is 13.0 Å². The fraction of sp³-hybridized carbons (Fsp3) is 0.600. The molecule has 11 heteroatoms. The van der Waals surface area contributed by atoms with E-state index in [0.29, 0.717) is 12.1 Å². The van der Waals surface area contributed by atoms with Gasteiger partial charge in [0.05, 0.1) is 17.2 Å². The van der Waals surface area contributed by atoms with Gasteiger partial charge in [-0.3, -0.25) is 10.00 Å². The zero-order chi connectivity index (χ0) is 22.6. The average molecular weight is 438 g/mol. The Labute approximate surface area is 177 Å². The molecule has 0 aromatic carbocycles. The number of likely N-dealkylation sites (tertiary alicyclic amines) is 1. The third-order valence-corrected chi connectivity index (χ3v) is 6.42. The maximum Gasteiger partial charge on any atom is 0.418 e.